The zero-order valence-electron chi connectivity index (χ0n) is 25.3. The van der Waals surface area contributed by atoms with Gasteiger partial charge in [0, 0.05) is 0 Å². The monoisotopic (exact) mass is 582 g/mol. The Morgan fingerprint density at radius 3 is 0.826 bits per heavy atom. The number of hydrogen-bond donors (Lipinski definition) is 0. The van der Waals surface area contributed by atoms with Gasteiger partial charge in [0.2, 0.25) is 0 Å². The van der Waals surface area contributed by atoms with Gasteiger partial charge in [0.05, 0.1) is 0 Å². The summed E-state index contributed by atoms with van der Waals surface area (Å²) in [5.74, 6) is 0. The van der Waals surface area contributed by atoms with Crippen molar-refractivity contribution in [3.05, 3.63) is 182 Å². The first-order valence-electron chi connectivity index (χ1n) is 15.9. The molecule has 214 valence electrons. The Labute approximate surface area is 268 Å². The lowest BCUT2D eigenvalue weighted by molar-refractivity contribution is 1.60. The summed E-state index contributed by atoms with van der Waals surface area (Å²) in [6.45, 7) is 0. The second-order valence-electron chi connectivity index (χ2n) is 12.1. The summed E-state index contributed by atoms with van der Waals surface area (Å²) in [7, 11) is 0. The van der Waals surface area contributed by atoms with E-state index >= 15 is 0 Å². The van der Waals surface area contributed by atoms with Crippen LogP contribution in [0, 0.1) is 0 Å². The van der Waals surface area contributed by atoms with Gasteiger partial charge in [0.15, 0.2) is 0 Å². The van der Waals surface area contributed by atoms with Gasteiger partial charge >= 0.3 is 0 Å². The van der Waals surface area contributed by atoms with E-state index in [1.807, 2.05) is 0 Å². The Morgan fingerprint density at radius 2 is 0.435 bits per heavy atom. The molecule has 0 N–H and O–H groups in total. The van der Waals surface area contributed by atoms with Crippen LogP contribution in [0.1, 0.15) is 0 Å². The average Bonchev–Trinajstić information content (AvgIpc) is 3.14. The van der Waals surface area contributed by atoms with E-state index in [0.717, 1.165) is 0 Å². The summed E-state index contributed by atoms with van der Waals surface area (Å²) in [5.41, 5.74) is 9.92. The minimum atomic E-state index is 1.23. The standard InChI is InChI=1S/C46H30/c1-3-7-31(8-4-1)33-11-15-35(16-12-33)37-19-23-41-39(29-37)21-25-45-43(41)27-28-44-42-24-20-38(30-40(42)22-26-46(44)45)36-17-13-34(14-18-36)32-9-5-2-6-10-32/h1-30H. The molecule has 9 aromatic carbocycles. The maximum Gasteiger partial charge on any atom is -0.00987 e. The Kier molecular flexibility index (Phi) is 6.25. The van der Waals surface area contributed by atoms with Gasteiger partial charge in [-0.1, -0.05) is 170 Å². The third kappa shape index (κ3) is 4.55. The molecular weight excluding hydrogens is 553 g/mol. The SMILES string of the molecule is c1ccc(-c2ccc(-c3ccc4c(ccc5c4ccc4c6ccc(-c7ccc(-c8ccccc8)cc7)cc6ccc45)c3)cc2)cc1. The van der Waals surface area contributed by atoms with E-state index in [4.69, 9.17) is 0 Å². The molecule has 0 radical (unpaired) electrons. The van der Waals surface area contributed by atoms with Crippen LogP contribution < -0.4 is 0 Å². The van der Waals surface area contributed by atoms with Crippen LogP contribution in [0.15, 0.2) is 182 Å². The average molecular weight is 583 g/mol. The van der Waals surface area contributed by atoms with Crippen LogP contribution in [0.4, 0.5) is 0 Å². The lowest BCUT2D eigenvalue weighted by atomic mass is 9.92. The summed E-state index contributed by atoms with van der Waals surface area (Å²) in [6.07, 6.45) is 0. The van der Waals surface area contributed by atoms with Crippen molar-refractivity contribution in [2.45, 2.75) is 0 Å². The second-order valence-corrected chi connectivity index (χ2v) is 12.1. The quantitative estimate of drug-likeness (QED) is 0.181. The van der Waals surface area contributed by atoms with Crippen molar-refractivity contribution in [2.24, 2.45) is 0 Å². The van der Waals surface area contributed by atoms with Gasteiger partial charge in [0.1, 0.15) is 0 Å². The van der Waals surface area contributed by atoms with Crippen molar-refractivity contribution in [3.8, 4) is 44.5 Å². The van der Waals surface area contributed by atoms with E-state index in [0.29, 0.717) is 0 Å². The number of rotatable bonds is 4. The Hall–Kier alpha value is -5.98. The van der Waals surface area contributed by atoms with Gasteiger partial charge in [-0.3, -0.25) is 0 Å². The van der Waals surface area contributed by atoms with Crippen molar-refractivity contribution >= 4 is 43.1 Å². The minimum Gasteiger partial charge on any atom is -0.0622 e. The summed E-state index contributed by atoms with van der Waals surface area (Å²) in [4.78, 5) is 0. The predicted octanol–water partition coefficient (Wildman–Crippen LogP) is 13.0. The van der Waals surface area contributed by atoms with Crippen molar-refractivity contribution in [3.63, 3.8) is 0 Å². The van der Waals surface area contributed by atoms with Gasteiger partial charge in [-0.25, -0.2) is 0 Å². The van der Waals surface area contributed by atoms with E-state index < -0.39 is 0 Å². The lowest BCUT2D eigenvalue weighted by Crippen LogP contribution is -1.85. The molecule has 0 aliphatic carbocycles. The zero-order chi connectivity index (χ0) is 30.5. The smallest absolute Gasteiger partial charge is 0.00987 e. The topological polar surface area (TPSA) is 0 Å². The van der Waals surface area contributed by atoms with E-state index in [9.17, 15) is 0 Å². The third-order valence-electron chi connectivity index (χ3n) is 9.48. The van der Waals surface area contributed by atoms with Gasteiger partial charge in [-0.2, -0.15) is 0 Å². The van der Waals surface area contributed by atoms with Gasteiger partial charge in [-0.05, 0) is 99.7 Å². The second kappa shape index (κ2) is 10.9. The van der Waals surface area contributed by atoms with Gasteiger partial charge in [0.25, 0.3) is 0 Å². The Bertz CT molecular complexity index is 2340. The summed E-state index contributed by atoms with van der Waals surface area (Å²) < 4.78 is 0. The van der Waals surface area contributed by atoms with E-state index in [-0.39, 0.29) is 0 Å². The zero-order valence-corrected chi connectivity index (χ0v) is 25.3. The molecular formula is C46H30. The first-order chi connectivity index (χ1) is 22.8. The molecule has 0 unspecified atom stereocenters. The fourth-order valence-corrected chi connectivity index (χ4v) is 7.03. The molecule has 0 spiro atoms. The third-order valence-corrected chi connectivity index (χ3v) is 9.48. The molecule has 0 bridgehead atoms. The highest BCUT2D eigenvalue weighted by atomic mass is 14.1. The Balaban J connectivity index is 1.06. The van der Waals surface area contributed by atoms with E-state index in [2.05, 4.69) is 182 Å². The maximum absolute atomic E-state index is 2.32. The normalized spacial score (nSPS) is 11.5. The number of benzene rings is 9. The first-order valence-corrected chi connectivity index (χ1v) is 15.9. The number of fused-ring (bicyclic) bond motifs is 7. The molecule has 46 heavy (non-hydrogen) atoms. The summed E-state index contributed by atoms with van der Waals surface area (Å²) >= 11 is 0. The minimum absolute atomic E-state index is 1.23. The molecule has 0 saturated heterocycles. The molecule has 0 heterocycles. The van der Waals surface area contributed by atoms with Crippen molar-refractivity contribution < 1.29 is 0 Å². The molecule has 0 atom stereocenters. The van der Waals surface area contributed by atoms with E-state index in [1.165, 1.54) is 87.6 Å². The molecule has 0 aliphatic rings. The first kappa shape index (κ1) is 26.4. The lowest BCUT2D eigenvalue weighted by Gasteiger charge is -2.12. The van der Waals surface area contributed by atoms with Crippen LogP contribution in [0.3, 0.4) is 0 Å². The molecule has 0 aliphatic heterocycles. The largest absolute Gasteiger partial charge is 0.0622 e. The predicted molar refractivity (Wildman–Crippen MR) is 198 cm³/mol. The van der Waals surface area contributed by atoms with Crippen LogP contribution in [-0.4, -0.2) is 0 Å². The summed E-state index contributed by atoms with van der Waals surface area (Å²) in [5, 5.41) is 10.3. The van der Waals surface area contributed by atoms with Crippen molar-refractivity contribution in [2.75, 3.05) is 0 Å². The molecule has 0 nitrogen and oxygen atoms in total. The van der Waals surface area contributed by atoms with Gasteiger partial charge in [-0.15, -0.1) is 0 Å². The highest BCUT2D eigenvalue weighted by Gasteiger charge is 2.10. The maximum atomic E-state index is 2.32. The Morgan fingerprint density at radius 1 is 0.174 bits per heavy atom. The number of hydrogen-bond acceptors (Lipinski definition) is 0. The van der Waals surface area contributed by atoms with E-state index in [1.54, 1.807) is 0 Å². The summed E-state index contributed by atoms with van der Waals surface area (Å²) in [6, 6.07) is 66.5. The van der Waals surface area contributed by atoms with Gasteiger partial charge < -0.3 is 0 Å². The fourth-order valence-electron chi connectivity index (χ4n) is 7.03. The van der Waals surface area contributed by atoms with Crippen LogP contribution in [-0.2, 0) is 0 Å². The molecule has 0 saturated carbocycles. The van der Waals surface area contributed by atoms with Crippen molar-refractivity contribution in [1.82, 2.24) is 0 Å². The van der Waals surface area contributed by atoms with Crippen LogP contribution in [0.2, 0.25) is 0 Å². The molecule has 9 rings (SSSR count). The fraction of sp³-hybridized carbons (Fsp3) is 0. The molecule has 0 heteroatoms. The van der Waals surface area contributed by atoms with Crippen LogP contribution in [0.5, 0.6) is 0 Å². The highest BCUT2D eigenvalue weighted by Crippen LogP contribution is 2.37. The molecule has 0 amide bonds. The highest BCUT2D eigenvalue weighted by molar-refractivity contribution is 6.22. The molecule has 0 fully saturated rings. The van der Waals surface area contributed by atoms with Crippen LogP contribution in [0.25, 0.3) is 87.6 Å². The molecule has 0 aromatic heterocycles. The van der Waals surface area contributed by atoms with Crippen molar-refractivity contribution in [1.29, 1.82) is 0 Å². The molecule has 9 aromatic rings. The van der Waals surface area contributed by atoms with Crippen LogP contribution >= 0.6 is 0 Å².